The van der Waals surface area contributed by atoms with Crippen molar-refractivity contribution in [3.8, 4) is 6.07 Å². The molecule has 0 heterocycles. The number of nitrogens with two attached hydrogens (primary N) is 1. The van der Waals surface area contributed by atoms with Crippen LogP contribution in [0.2, 0.25) is 0 Å². The number of hydrogen-bond donors (Lipinski definition) is 1. The molecule has 5 heteroatoms. The normalized spacial score (nSPS) is 9.53. The van der Waals surface area contributed by atoms with E-state index in [4.69, 9.17) is 16.5 Å². The lowest BCUT2D eigenvalue weighted by Gasteiger charge is -1.98. The first-order valence-corrected chi connectivity index (χ1v) is 4.25. The third-order valence-corrected chi connectivity index (χ3v) is 1.75. The molecule has 0 radical (unpaired) electrons. The van der Waals surface area contributed by atoms with E-state index in [0.717, 1.165) is 5.56 Å². The number of anilines is 1. The van der Waals surface area contributed by atoms with Crippen molar-refractivity contribution < 1.29 is 0 Å². The van der Waals surface area contributed by atoms with E-state index in [1.54, 1.807) is 30.4 Å². The van der Waals surface area contributed by atoms with Gasteiger partial charge in [0.15, 0.2) is 0 Å². The van der Waals surface area contributed by atoms with E-state index in [1.807, 2.05) is 6.07 Å². The molecule has 15 heavy (non-hydrogen) atoms. The van der Waals surface area contributed by atoms with Gasteiger partial charge in [-0.05, 0) is 23.2 Å². The molecule has 0 saturated heterocycles. The molecular weight excluding hydrogens is 190 g/mol. The molecule has 0 spiro atoms. The van der Waals surface area contributed by atoms with Crippen LogP contribution in [0.25, 0.3) is 16.5 Å². The minimum Gasteiger partial charge on any atom is -0.399 e. The Bertz CT molecular complexity index is 463. The predicted octanol–water partition coefficient (Wildman–Crippen LogP) is 2.46. The Labute approximate surface area is 87.1 Å². The van der Waals surface area contributed by atoms with E-state index in [1.165, 1.54) is 0 Å². The fourth-order valence-electron chi connectivity index (χ4n) is 1.08. The van der Waals surface area contributed by atoms with Crippen LogP contribution in [0.3, 0.4) is 0 Å². The number of nitrogen functional groups attached to an aromatic ring is 1. The monoisotopic (exact) mass is 199 g/mol. The number of benzene rings is 1. The van der Waals surface area contributed by atoms with Crippen molar-refractivity contribution in [1.82, 2.24) is 0 Å². The molecule has 0 unspecified atom stereocenters. The lowest BCUT2D eigenvalue weighted by atomic mass is 10.1. The molecular formula is C10H9N5. The van der Waals surface area contributed by atoms with Crippen LogP contribution >= 0.6 is 0 Å². The zero-order chi connectivity index (χ0) is 11.1. The minimum absolute atomic E-state index is 0.270. The van der Waals surface area contributed by atoms with Crippen molar-refractivity contribution in [3.63, 3.8) is 0 Å². The van der Waals surface area contributed by atoms with Crippen LogP contribution in [-0.4, -0.2) is 6.54 Å². The van der Waals surface area contributed by atoms with Gasteiger partial charge in [-0.15, -0.1) is 0 Å². The first-order valence-electron chi connectivity index (χ1n) is 4.25. The molecule has 0 aliphatic carbocycles. The van der Waals surface area contributed by atoms with E-state index in [-0.39, 0.29) is 6.54 Å². The standard InChI is InChI=1S/C10H9N5/c11-7-9-6-10(12)4-3-8(9)2-1-5-14-15-13/h1-4,6H,5,12H2. The highest BCUT2D eigenvalue weighted by Gasteiger charge is 1.97. The zero-order valence-electron chi connectivity index (χ0n) is 7.96. The lowest BCUT2D eigenvalue weighted by Crippen LogP contribution is -1.88. The Morgan fingerprint density at radius 3 is 3.07 bits per heavy atom. The summed E-state index contributed by atoms with van der Waals surface area (Å²) < 4.78 is 0. The Hall–Kier alpha value is -2.44. The number of azide groups is 1. The molecule has 1 aromatic rings. The Kier molecular flexibility index (Phi) is 3.78. The molecule has 0 saturated carbocycles. The third-order valence-electron chi connectivity index (χ3n) is 1.75. The smallest absolute Gasteiger partial charge is 0.0998 e. The third kappa shape index (κ3) is 3.07. The van der Waals surface area contributed by atoms with Crippen molar-refractivity contribution in [3.05, 3.63) is 45.8 Å². The molecule has 2 N–H and O–H groups in total. The minimum atomic E-state index is 0.270. The second kappa shape index (κ2) is 5.32. The number of nitriles is 1. The fourth-order valence-corrected chi connectivity index (χ4v) is 1.08. The van der Waals surface area contributed by atoms with Crippen molar-refractivity contribution in [2.24, 2.45) is 5.11 Å². The molecule has 0 aromatic heterocycles. The van der Waals surface area contributed by atoms with Crippen molar-refractivity contribution >= 4 is 11.8 Å². The second-order valence-corrected chi connectivity index (χ2v) is 2.77. The maximum absolute atomic E-state index is 8.82. The average molecular weight is 199 g/mol. The lowest BCUT2D eigenvalue weighted by molar-refractivity contribution is 1.22. The molecule has 0 fully saturated rings. The zero-order valence-corrected chi connectivity index (χ0v) is 7.96. The van der Waals surface area contributed by atoms with E-state index in [9.17, 15) is 0 Å². The topological polar surface area (TPSA) is 98.6 Å². The van der Waals surface area contributed by atoms with Crippen LogP contribution in [0.5, 0.6) is 0 Å². The van der Waals surface area contributed by atoms with Gasteiger partial charge >= 0.3 is 0 Å². The summed E-state index contributed by atoms with van der Waals surface area (Å²) in [5, 5.41) is 12.2. The van der Waals surface area contributed by atoms with Crippen LogP contribution in [-0.2, 0) is 0 Å². The molecule has 1 aromatic carbocycles. The molecule has 0 aliphatic heterocycles. The van der Waals surface area contributed by atoms with Gasteiger partial charge < -0.3 is 5.73 Å². The number of nitrogens with zero attached hydrogens (tertiary/aromatic N) is 4. The average Bonchev–Trinajstić information content (AvgIpc) is 2.26. The van der Waals surface area contributed by atoms with Gasteiger partial charge in [0.25, 0.3) is 0 Å². The molecule has 0 aliphatic rings. The van der Waals surface area contributed by atoms with Gasteiger partial charge in [0, 0.05) is 17.1 Å². The quantitative estimate of drug-likeness (QED) is 0.350. The first-order chi connectivity index (χ1) is 7.27. The molecule has 0 atom stereocenters. The van der Waals surface area contributed by atoms with Crippen LogP contribution in [0.15, 0.2) is 29.4 Å². The summed E-state index contributed by atoms with van der Waals surface area (Å²) in [6.45, 7) is 0.270. The summed E-state index contributed by atoms with van der Waals surface area (Å²) in [6.07, 6.45) is 3.42. The van der Waals surface area contributed by atoms with Crippen LogP contribution < -0.4 is 5.73 Å². The van der Waals surface area contributed by atoms with E-state index >= 15 is 0 Å². The highest BCUT2D eigenvalue weighted by atomic mass is 15.1. The molecule has 74 valence electrons. The van der Waals surface area contributed by atoms with Gasteiger partial charge in [0.2, 0.25) is 0 Å². The summed E-state index contributed by atoms with van der Waals surface area (Å²) in [5.74, 6) is 0. The van der Waals surface area contributed by atoms with Gasteiger partial charge in [-0.25, -0.2) is 0 Å². The van der Waals surface area contributed by atoms with Gasteiger partial charge in [0.1, 0.15) is 0 Å². The van der Waals surface area contributed by atoms with E-state index in [0.29, 0.717) is 11.3 Å². The van der Waals surface area contributed by atoms with Gasteiger partial charge in [-0.1, -0.05) is 23.3 Å². The summed E-state index contributed by atoms with van der Waals surface area (Å²) in [6, 6.07) is 7.11. The molecule has 0 amide bonds. The van der Waals surface area contributed by atoms with Crippen molar-refractivity contribution in [2.75, 3.05) is 12.3 Å². The van der Waals surface area contributed by atoms with Crippen molar-refractivity contribution in [2.45, 2.75) is 0 Å². The number of hydrogen-bond acceptors (Lipinski definition) is 3. The van der Waals surface area contributed by atoms with Crippen LogP contribution in [0.4, 0.5) is 5.69 Å². The Morgan fingerprint density at radius 1 is 1.60 bits per heavy atom. The largest absolute Gasteiger partial charge is 0.399 e. The fraction of sp³-hybridized carbons (Fsp3) is 0.100. The second-order valence-electron chi connectivity index (χ2n) is 2.77. The maximum atomic E-state index is 8.82. The van der Waals surface area contributed by atoms with E-state index in [2.05, 4.69) is 10.0 Å². The summed E-state index contributed by atoms with van der Waals surface area (Å²) in [5.41, 5.74) is 15.4. The van der Waals surface area contributed by atoms with Gasteiger partial charge in [-0.2, -0.15) is 5.26 Å². The van der Waals surface area contributed by atoms with Gasteiger partial charge in [0.05, 0.1) is 11.6 Å². The van der Waals surface area contributed by atoms with E-state index < -0.39 is 0 Å². The SMILES string of the molecule is N#Cc1cc(N)ccc1C=CCN=[N+]=[N-]. The first kappa shape index (κ1) is 10.6. The Morgan fingerprint density at radius 2 is 2.40 bits per heavy atom. The number of rotatable bonds is 3. The van der Waals surface area contributed by atoms with Crippen LogP contribution in [0.1, 0.15) is 11.1 Å². The molecule has 5 nitrogen and oxygen atoms in total. The predicted molar refractivity (Wildman–Crippen MR) is 58.6 cm³/mol. The van der Waals surface area contributed by atoms with Crippen LogP contribution in [0, 0.1) is 11.3 Å². The summed E-state index contributed by atoms with van der Waals surface area (Å²) in [4.78, 5) is 2.61. The molecule has 1 rings (SSSR count). The van der Waals surface area contributed by atoms with Gasteiger partial charge in [-0.3, -0.25) is 0 Å². The Balaban J connectivity index is 2.90. The van der Waals surface area contributed by atoms with Crippen molar-refractivity contribution in [1.29, 1.82) is 5.26 Å². The highest BCUT2D eigenvalue weighted by Crippen LogP contribution is 2.13. The highest BCUT2D eigenvalue weighted by molar-refractivity contribution is 5.62. The summed E-state index contributed by atoms with van der Waals surface area (Å²) >= 11 is 0. The molecule has 0 bridgehead atoms. The maximum Gasteiger partial charge on any atom is 0.0998 e. The summed E-state index contributed by atoms with van der Waals surface area (Å²) in [7, 11) is 0.